The maximum atomic E-state index is 6.56. The fraction of sp³-hybridized carbons (Fsp3) is 0.0889. The normalized spacial score (nSPS) is 14.5. The highest BCUT2D eigenvalue weighted by molar-refractivity contribution is 7.20. The summed E-state index contributed by atoms with van der Waals surface area (Å²) < 4.78 is 7.92. The van der Waals surface area contributed by atoms with Crippen molar-refractivity contribution in [1.82, 2.24) is 4.98 Å². The van der Waals surface area contributed by atoms with Crippen LogP contribution in [0.5, 0.6) is 0 Å². The van der Waals surface area contributed by atoms with E-state index in [9.17, 15) is 0 Å². The van der Waals surface area contributed by atoms with Crippen molar-refractivity contribution >= 4 is 45.2 Å². The molecule has 7 aromatic rings. The maximum absolute atomic E-state index is 6.56. The van der Waals surface area contributed by atoms with E-state index in [1.165, 1.54) is 42.8 Å². The molecule has 1 aliphatic carbocycles. The summed E-state index contributed by atoms with van der Waals surface area (Å²) in [4.78, 5) is 6.55. The third-order valence-electron chi connectivity index (χ3n) is 9.09. The molecular formula is C45H35NOS. The van der Waals surface area contributed by atoms with Gasteiger partial charge in [-0.2, -0.15) is 0 Å². The van der Waals surface area contributed by atoms with Crippen molar-refractivity contribution in [2.45, 2.75) is 20.3 Å². The average molecular weight is 638 g/mol. The molecule has 0 saturated heterocycles. The Morgan fingerprint density at radius 1 is 0.729 bits per heavy atom. The van der Waals surface area contributed by atoms with Crippen LogP contribution < -0.4 is 0 Å². The first kappa shape index (κ1) is 29.9. The number of hydrogen-bond acceptors (Lipinski definition) is 3. The summed E-state index contributed by atoms with van der Waals surface area (Å²) in [7, 11) is 0. The Kier molecular flexibility index (Phi) is 8.05. The molecule has 2 aromatic heterocycles. The maximum Gasteiger partial charge on any atom is 0.227 e. The van der Waals surface area contributed by atoms with E-state index in [4.69, 9.17) is 9.40 Å². The summed E-state index contributed by atoms with van der Waals surface area (Å²) in [5.74, 6) is 1.91. The summed E-state index contributed by atoms with van der Waals surface area (Å²) in [6.45, 7) is 4.36. The van der Waals surface area contributed by atoms with Crippen molar-refractivity contribution in [2.24, 2.45) is 5.92 Å². The van der Waals surface area contributed by atoms with Crippen LogP contribution in [-0.2, 0) is 6.42 Å². The van der Waals surface area contributed by atoms with Gasteiger partial charge in [0.2, 0.25) is 5.89 Å². The minimum atomic E-state index is 0.576. The highest BCUT2D eigenvalue weighted by Crippen LogP contribution is 2.39. The fourth-order valence-corrected chi connectivity index (χ4v) is 7.70. The van der Waals surface area contributed by atoms with Crippen LogP contribution in [0.3, 0.4) is 0 Å². The molecule has 0 saturated carbocycles. The molecule has 5 aromatic carbocycles. The number of fused-ring (bicyclic) bond motifs is 3. The SMILES string of the molecule is C/C=C(/c1cccc(-c2ccccc2)c1)c1nc(-c2ccc(-c3ccc4sc5c(c4c3)CC(C)C=C5)cc2)oc1/C=C/c1ccccc1. The van der Waals surface area contributed by atoms with Gasteiger partial charge in [-0.25, -0.2) is 4.98 Å². The molecule has 0 fully saturated rings. The molecule has 0 amide bonds. The van der Waals surface area contributed by atoms with E-state index >= 15 is 0 Å². The third-order valence-corrected chi connectivity index (χ3v) is 10.3. The molecule has 0 spiro atoms. The van der Waals surface area contributed by atoms with Crippen molar-refractivity contribution in [1.29, 1.82) is 0 Å². The fourth-order valence-electron chi connectivity index (χ4n) is 6.57. The zero-order valence-corrected chi connectivity index (χ0v) is 27.9. The lowest BCUT2D eigenvalue weighted by molar-refractivity contribution is 0.564. The van der Waals surface area contributed by atoms with Gasteiger partial charge in [-0.15, -0.1) is 11.3 Å². The number of allylic oxidation sites excluding steroid dienone is 2. The smallest absolute Gasteiger partial charge is 0.227 e. The number of oxazole rings is 1. The summed E-state index contributed by atoms with van der Waals surface area (Å²) in [5, 5.41) is 1.38. The molecule has 0 bridgehead atoms. The second-order valence-corrected chi connectivity index (χ2v) is 13.5. The predicted molar refractivity (Wildman–Crippen MR) is 205 cm³/mol. The van der Waals surface area contributed by atoms with E-state index in [1.807, 2.05) is 41.7 Å². The number of hydrogen-bond donors (Lipinski definition) is 0. The van der Waals surface area contributed by atoms with Crippen molar-refractivity contribution in [3.05, 3.63) is 173 Å². The van der Waals surface area contributed by atoms with Crippen LogP contribution in [-0.4, -0.2) is 4.98 Å². The first-order chi connectivity index (χ1) is 23.6. The number of aromatic nitrogens is 1. The summed E-state index contributed by atoms with van der Waals surface area (Å²) in [5.41, 5.74) is 11.3. The second kappa shape index (κ2) is 12.9. The van der Waals surface area contributed by atoms with E-state index < -0.39 is 0 Å². The largest absolute Gasteiger partial charge is 0.436 e. The summed E-state index contributed by atoms with van der Waals surface area (Å²) in [6, 6.07) is 44.9. The van der Waals surface area contributed by atoms with Crippen LogP contribution in [0.1, 0.15) is 46.9 Å². The molecule has 1 aliphatic rings. The second-order valence-electron chi connectivity index (χ2n) is 12.4. The monoisotopic (exact) mass is 637 g/mol. The Morgan fingerprint density at radius 3 is 2.21 bits per heavy atom. The van der Waals surface area contributed by atoms with E-state index in [0.717, 1.165) is 40.1 Å². The summed E-state index contributed by atoms with van der Waals surface area (Å²) in [6.07, 6.45) is 12.0. The topological polar surface area (TPSA) is 26.0 Å². The highest BCUT2D eigenvalue weighted by atomic mass is 32.1. The Bertz CT molecular complexity index is 2320. The molecule has 2 nitrogen and oxygen atoms in total. The van der Waals surface area contributed by atoms with Gasteiger partial charge < -0.3 is 4.42 Å². The van der Waals surface area contributed by atoms with Crippen molar-refractivity contribution in [3.8, 4) is 33.7 Å². The van der Waals surface area contributed by atoms with Gasteiger partial charge in [0.25, 0.3) is 0 Å². The molecule has 8 rings (SSSR count). The van der Waals surface area contributed by atoms with Gasteiger partial charge in [0, 0.05) is 20.7 Å². The van der Waals surface area contributed by atoms with Crippen LogP contribution >= 0.6 is 11.3 Å². The van der Waals surface area contributed by atoms with Gasteiger partial charge in [-0.1, -0.05) is 122 Å². The van der Waals surface area contributed by atoms with E-state index in [2.05, 4.69) is 141 Å². The van der Waals surface area contributed by atoms with Crippen LogP contribution in [0.2, 0.25) is 0 Å². The number of benzene rings is 5. The lowest BCUT2D eigenvalue weighted by atomic mass is 9.92. The van der Waals surface area contributed by atoms with E-state index in [1.54, 1.807) is 0 Å². The van der Waals surface area contributed by atoms with Crippen LogP contribution in [0.15, 0.2) is 144 Å². The Morgan fingerprint density at radius 2 is 1.42 bits per heavy atom. The van der Waals surface area contributed by atoms with Crippen LogP contribution in [0, 0.1) is 5.92 Å². The van der Waals surface area contributed by atoms with Crippen molar-refractivity contribution < 1.29 is 4.42 Å². The van der Waals surface area contributed by atoms with Crippen LogP contribution in [0.4, 0.5) is 0 Å². The van der Waals surface area contributed by atoms with Crippen molar-refractivity contribution in [3.63, 3.8) is 0 Å². The third kappa shape index (κ3) is 5.90. The zero-order valence-electron chi connectivity index (χ0n) is 27.1. The minimum Gasteiger partial charge on any atom is -0.436 e. The predicted octanol–water partition coefficient (Wildman–Crippen LogP) is 12.7. The number of thiophene rings is 1. The minimum absolute atomic E-state index is 0.576. The Hall–Kier alpha value is -5.51. The van der Waals surface area contributed by atoms with Crippen molar-refractivity contribution in [2.75, 3.05) is 0 Å². The number of rotatable bonds is 7. The molecule has 48 heavy (non-hydrogen) atoms. The lowest BCUT2D eigenvalue weighted by Crippen LogP contribution is -2.00. The van der Waals surface area contributed by atoms with E-state index in [-0.39, 0.29) is 0 Å². The van der Waals surface area contributed by atoms with Gasteiger partial charge in [0.1, 0.15) is 5.69 Å². The van der Waals surface area contributed by atoms with E-state index in [0.29, 0.717) is 11.8 Å². The van der Waals surface area contributed by atoms with Gasteiger partial charge in [0.15, 0.2) is 5.76 Å². The highest BCUT2D eigenvalue weighted by Gasteiger charge is 2.19. The molecule has 1 atom stereocenters. The molecular weight excluding hydrogens is 603 g/mol. The molecule has 0 aliphatic heterocycles. The molecule has 1 unspecified atom stereocenters. The van der Waals surface area contributed by atoms with Gasteiger partial charge in [-0.3, -0.25) is 0 Å². The number of nitrogens with zero attached hydrogens (tertiary/aromatic N) is 1. The average Bonchev–Trinajstić information content (AvgIpc) is 3.73. The summed E-state index contributed by atoms with van der Waals surface area (Å²) >= 11 is 1.90. The molecule has 3 heteroatoms. The first-order valence-corrected chi connectivity index (χ1v) is 17.4. The van der Waals surface area contributed by atoms with Gasteiger partial charge in [0.05, 0.1) is 0 Å². The van der Waals surface area contributed by atoms with Crippen LogP contribution in [0.25, 0.3) is 67.6 Å². The Balaban J connectivity index is 1.16. The zero-order chi connectivity index (χ0) is 32.5. The standard InChI is InChI=1S/C45H35NOS/c1-3-38(37-16-10-15-35(28-37)32-13-8-5-9-14-32)44-41(24-18-31-11-6-4-7-12-31)47-45(46-44)34-21-19-33(20-22-34)36-23-26-43-40(29-36)39-27-30(2)17-25-42(39)48-43/h3-26,28-30H,27H2,1-2H3/b24-18+,38-3-. The quantitative estimate of drug-likeness (QED) is 0.174. The lowest BCUT2D eigenvalue weighted by Gasteiger charge is -2.12. The Labute approximate surface area is 286 Å². The molecule has 0 N–H and O–H groups in total. The molecule has 232 valence electrons. The molecule has 0 radical (unpaired) electrons. The first-order valence-electron chi connectivity index (χ1n) is 16.5. The van der Waals surface area contributed by atoms with Gasteiger partial charge >= 0.3 is 0 Å². The van der Waals surface area contributed by atoms with Gasteiger partial charge in [-0.05, 0) is 106 Å². The molecule has 2 heterocycles.